The smallest absolute Gasteiger partial charge is 0.270 e. The maximum absolute atomic E-state index is 12.9. The first-order valence-electron chi connectivity index (χ1n) is 8.02. The molecular formula is C18H16Cl2N2O4. The van der Waals surface area contributed by atoms with Crippen LogP contribution in [0.1, 0.15) is 30.2 Å². The first-order chi connectivity index (χ1) is 12.3. The van der Waals surface area contributed by atoms with Gasteiger partial charge in [0.1, 0.15) is 10.8 Å². The van der Waals surface area contributed by atoms with E-state index in [1.54, 1.807) is 30.0 Å². The molecule has 1 unspecified atom stereocenters. The van der Waals surface area contributed by atoms with Gasteiger partial charge in [0.25, 0.3) is 11.5 Å². The minimum atomic E-state index is -0.813. The molecule has 2 heterocycles. The summed E-state index contributed by atoms with van der Waals surface area (Å²) in [6, 6.07) is 5.38. The van der Waals surface area contributed by atoms with Gasteiger partial charge in [-0.05, 0) is 38.1 Å². The molecule has 1 atom stereocenters. The molecule has 0 aliphatic carbocycles. The number of benzene rings is 1. The van der Waals surface area contributed by atoms with Gasteiger partial charge in [0, 0.05) is 18.3 Å². The first kappa shape index (κ1) is 18.5. The molecular weight excluding hydrogens is 379 g/mol. The number of fused-ring (bicyclic) bond motifs is 1. The zero-order chi connectivity index (χ0) is 19.0. The number of ketones is 1. The van der Waals surface area contributed by atoms with Crippen LogP contribution in [0.3, 0.4) is 0 Å². The van der Waals surface area contributed by atoms with Crippen LogP contribution in [0.4, 0.5) is 5.69 Å². The van der Waals surface area contributed by atoms with Gasteiger partial charge >= 0.3 is 0 Å². The van der Waals surface area contributed by atoms with E-state index >= 15 is 0 Å². The Balaban J connectivity index is 2.00. The Morgan fingerprint density at radius 1 is 1.27 bits per heavy atom. The molecule has 0 bridgehead atoms. The number of amides is 1. The van der Waals surface area contributed by atoms with Crippen molar-refractivity contribution in [2.75, 3.05) is 18.1 Å². The highest BCUT2D eigenvalue weighted by Gasteiger charge is 2.27. The van der Waals surface area contributed by atoms with Crippen LogP contribution < -0.4 is 15.2 Å². The highest BCUT2D eigenvalue weighted by Crippen LogP contribution is 2.33. The summed E-state index contributed by atoms with van der Waals surface area (Å²) >= 11 is 11.8. The fourth-order valence-corrected chi connectivity index (χ4v) is 3.38. The maximum atomic E-state index is 12.9. The predicted octanol–water partition coefficient (Wildman–Crippen LogP) is 3.34. The lowest BCUT2D eigenvalue weighted by Gasteiger charge is -2.28. The van der Waals surface area contributed by atoms with Crippen molar-refractivity contribution in [1.82, 2.24) is 4.57 Å². The Morgan fingerprint density at radius 3 is 2.69 bits per heavy atom. The number of hydrogen-bond donors (Lipinski definition) is 0. The third kappa shape index (κ3) is 3.22. The average molecular weight is 395 g/mol. The zero-order valence-corrected chi connectivity index (χ0v) is 15.7. The number of aromatic nitrogens is 1. The summed E-state index contributed by atoms with van der Waals surface area (Å²) in [5.74, 6) is 0.0661. The van der Waals surface area contributed by atoms with Crippen molar-refractivity contribution in [3.8, 4) is 5.75 Å². The van der Waals surface area contributed by atoms with Crippen molar-refractivity contribution < 1.29 is 14.3 Å². The van der Waals surface area contributed by atoms with Crippen LogP contribution in [0, 0.1) is 0 Å². The Morgan fingerprint density at radius 2 is 2.00 bits per heavy atom. The summed E-state index contributed by atoms with van der Waals surface area (Å²) in [5, 5.41) is 0.203. The summed E-state index contributed by atoms with van der Waals surface area (Å²) in [4.78, 5) is 38.7. The van der Waals surface area contributed by atoms with Crippen LogP contribution in [0.5, 0.6) is 5.75 Å². The van der Waals surface area contributed by atoms with E-state index in [-0.39, 0.29) is 28.3 Å². The van der Waals surface area contributed by atoms with Crippen molar-refractivity contribution in [3.63, 3.8) is 0 Å². The molecule has 1 aliphatic rings. The van der Waals surface area contributed by atoms with E-state index < -0.39 is 11.6 Å². The fourth-order valence-electron chi connectivity index (χ4n) is 2.89. The summed E-state index contributed by atoms with van der Waals surface area (Å²) < 4.78 is 6.61. The van der Waals surface area contributed by atoms with Crippen molar-refractivity contribution in [2.24, 2.45) is 0 Å². The number of Topliss-reactive ketones (excluding diaryl/α,β-unsaturated/α-hetero) is 1. The largest absolute Gasteiger partial charge is 0.482 e. The monoisotopic (exact) mass is 394 g/mol. The number of likely N-dealkylation sites (N-methyl/N-ethyl adjacent to an activating group) is 1. The number of pyridine rings is 1. The predicted molar refractivity (Wildman–Crippen MR) is 99.7 cm³/mol. The van der Waals surface area contributed by atoms with Crippen LogP contribution in [0.2, 0.25) is 10.0 Å². The van der Waals surface area contributed by atoms with E-state index in [0.717, 1.165) is 0 Å². The van der Waals surface area contributed by atoms with Gasteiger partial charge in [-0.3, -0.25) is 14.4 Å². The van der Waals surface area contributed by atoms with Gasteiger partial charge in [0.05, 0.1) is 16.8 Å². The van der Waals surface area contributed by atoms with Crippen molar-refractivity contribution in [1.29, 1.82) is 0 Å². The molecule has 1 amide bonds. The molecule has 2 aromatic rings. The van der Waals surface area contributed by atoms with E-state index in [2.05, 4.69) is 0 Å². The Hall–Kier alpha value is -2.31. The first-order valence-corrected chi connectivity index (χ1v) is 8.77. The second kappa shape index (κ2) is 7.13. The number of halogens is 2. The number of carbonyl (C=O) groups is 2. The third-order valence-corrected chi connectivity index (χ3v) is 4.74. The Kier molecular flexibility index (Phi) is 5.07. The lowest BCUT2D eigenvalue weighted by molar-refractivity contribution is -0.121. The molecule has 6 nitrogen and oxygen atoms in total. The minimum Gasteiger partial charge on any atom is -0.482 e. The van der Waals surface area contributed by atoms with Gasteiger partial charge in [0.2, 0.25) is 0 Å². The lowest BCUT2D eigenvalue weighted by Crippen LogP contribution is -2.38. The van der Waals surface area contributed by atoms with Crippen molar-refractivity contribution in [2.45, 2.75) is 19.9 Å². The molecule has 1 aromatic carbocycles. The van der Waals surface area contributed by atoms with Crippen molar-refractivity contribution >= 4 is 40.6 Å². The molecule has 8 heteroatoms. The van der Waals surface area contributed by atoms with Gasteiger partial charge in [-0.2, -0.15) is 0 Å². The molecule has 0 fully saturated rings. The highest BCUT2D eigenvalue weighted by molar-refractivity contribution is 6.34. The van der Waals surface area contributed by atoms with Gasteiger partial charge in [-0.1, -0.05) is 23.2 Å². The molecule has 0 radical (unpaired) electrons. The number of hydrogen-bond acceptors (Lipinski definition) is 4. The maximum Gasteiger partial charge on any atom is 0.270 e. The van der Waals surface area contributed by atoms with Crippen LogP contribution in [0.15, 0.2) is 35.3 Å². The van der Waals surface area contributed by atoms with Gasteiger partial charge < -0.3 is 14.2 Å². The van der Waals surface area contributed by atoms with E-state index in [4.69, 9.17) is 27.9 Å². The molecule has 3 rings (SSSR count). The molecule has 1 aliphatic heterocycles. The van der Waals surface area contributed by atoms with Crippen LogP contribution in [0.25, 0.3) is 0 Å². The summed E-state index contributed by atoms with van der Waals surface area (Å²) in [7, 11) is 0. The number of rotatable bonds is 4. The number of anilines is 1. The van der Waals surface area contributed by atoms with E-state index in [1.165, 1.54) is 16.8 Å². The zero-order valence-electron chi connectivity index (χ0n) is 14.2. The molecule has 1 aromatic heterocycles. The van der Waals surface area contributed by atoms with E-state index in [1.807, 2.05) is 6.92 Å². The quantitative estimate of drug-likeness (QED) is 0.745. The summed E-state index contributed by atoms with van der Waals surface area (Å²) in [5.41, 5.74) is 0.401. The lowest BCUT2D eigenvalue weighted by atomic mass is 10.0. The standard InChI is InChI=1S/C18H16Cl2N2O4/c1-3-21-14-6-11(4-5-15(14)26-9-16(21)23)17(24)10(2)22-8-12(19)7-13(20)18(22)25/h4-8,10H,3,9H2,1-2H3. The summed E-state index contributed by atoms with van der Waals surface area (Å²) in [6.45, 7) is 3.87. The normalized spacial score (nSPS) is 14.6. The highest BCUT2D eigenvalue weighted by atomic mass is 35.5. The Labute approximate surface area is 159 Å². The van der Waals surface area contributed by atoms with E-state index in [0.29, 0.717) is 23.5 Å². The second-order valence-electron chi connectivity index (χ2n) is 5.87. The SMILES string of the molecule is CCN1C(=O)COc2ccc(C(=O)C(C)n3cc(Cl)cc(Cl)c3=O)cc21. The van der Waals surface area contributed by atoms with Crippen molar-refractivity contribution in [3.05, 3.63) is 56.4 Å². The molecule has 0 N–H and O–H groups in total. The molecule has 26 heavy (non-hydrogen) atoms. The molecule has 136 valence electrons. The van der Waals surface area contributed by atoms with E-state index in [9.17, 15) is 14.4 Å². The Bertz CT molecular complexity index is 955. The van der Waals surface area contributed by atoms with Gasteiger partial charge in [-0.25, -0.2) is 0 Å². The second-order valence-corrected chi connectivity index (χ2v) is 6.71. The molecule has 0 saturated carbocycles. The molecule has 0 saturated heterocycles. The molecule has 0 spiro atoms. The number of ether oxygens (including phenoxy) is 1. The third-order valence-electron chi connectivity index (χ3n) is 4.27. The summed E-state index contributed by atoms with van der Waals surface area (Å²) in [6.07, 6.45) is 1.38. The van der Waals surface area contributed by atoms with Gasteiger partial charge in [0.15, 0.2) is 12.4 Å². The number of nitrogens with zero attached hydrogens (tertiary/aromatic N) is 2. The minimum absolute atomic E-state index is 0.0268. The number of carbonyl (C=O) groups excluding carboxylic acids is 2. The average Bonchev–Trinajstić information content (AvgIpc) is 2.63. The van der Waals surface area contributed by atoms with Gasteiger partial charge in [-0.15, -0.1) is 0 Å². The topological polar surface area (TPSA) is 68.6 Å². The van der Waals surface area contributed by atoms with Crippen LogP contribution in [-0.2, 0) is 4.79 Å². The van der Waals surface area contributed by atoms with Crippen LogP contribution in [-0.4, -0.2) is 29.4 Å². The fraction of sp³-hybridized carbons (Fsp3) is 0.278. The van der Waals surface area contributed by atoms with Crippen LogP contribution >= 0.6 is 23.2 Å².